The smallest absolute Gasteiger partial charge is 0.138 e. The van der Waals surface area contributed by atoms with Crippen LogP contribution in [-0.4, -0.2) is 20.8 Å². The second kappa shape index (κ2) is 5.64. The summed E-state index contributed by atoms with van der Waals surface area (Å²) >= 11 is 0. The third-order valence-electron chi connectivity index (χ3n) is 2.48. The van der Waals surface area contributed by atoms with Crippen molar-refractivity contribution in [2.45, 2.75) is 26.0 Å². The van der Waals surface area contributed by atoms with Crippen LogP contribution in [0.25, 0.3) is 0 Å². The van der Waals surface area contributed by atoms with Crippen LogP contribution in [0.5, 0.6) is 5.75 Å². The average Bonchev–Trinajstić information content (AvgIpc) is 2.74. The Morgan fingerprint density at radius 2 is 2.17 bits per heavy atom. The molecule has 0 fully saturated rings. The molecule has 18 heavy (non-hydrogen) atoms. The Morgan fingerprint density at radius 3 is 2.72 bits per heavy atom. The fraction of sp³-hybridized carbons (Fsp3) is 0.385. The molecule has 2 rings (SSSR count). The molecular formula is C13H18N4O. The van der Waals surface area contributed by atoms with Gasteiger partial charge in [0.1, 0.15) is 12.4 Å². The summed E-state index contributed by atoms with van der Waals surface area (Å²) in [5, 5.41) is 4.24. The van der Waals surface area contributed by atoms with Crippen molar-refractivity contribution in [2.75, 3.05) is 0 Å². The van der Waals surface area contributed by atoms with Crippen LogP contribution in [0.2, 0.25) is 0 Å². The first-order valence-electron chi connectivity index (χ1n) is 5.95. The van der Waals surface area contributed by atoms with Crippen LogP contribution in [0.3, 0.4) is 0 Å². The van der Waals surface area contributed by atoms with Crippen LogP contribution in [0, 0.1) is 0 Å². The summed E-state index contributed by atoms with van der Waals surface area (Å²) in [6, 6.07) is 5.90. The molecule has 0 aliphatic rings. The Morgan fingerprint density at radius 1 is 1.33 bits per heavy atom. The lowest BCUT2D eigenvalue weighted by Gasteiger charge is -2.06. The first kappa shape index (κ1) is 12.6. The van der Waals surface area contributed by atoms with Gasteiger partial charge in [-0.15, -0.1) is 0 Å². The van der Waals surface area contributed by atoms with E-state index in [1.54, 1.807) is 10.9 Å². The van der Waals surface area contributed by atoms with Crippen LogP contribution in [0.4, 0.5) is 0 Å². The zero-order chi connectivity index (χ0) is 13.0. The Balaban J connectivity index is 1.90. The third-order valence-corrected chi connectivity index (χ3v) is 2.48. The van der Waals surface area contributed by atoms with Crippen LogP contribution < -0.4 is 10.5 Å². The van der Waals surface area contributed by atoms with E-state index in [-0.39, 0.29) is 6.04 Å². The predicted molar refractivity (Wildman–Crippen MR) is 69.1 cm³/mol. The van der Waals surface area contributed by atoms with Gasteiger partial charge in [0.05, 0.1) is 11.9 Å². The topological polar surface area (TPSA) is 66.0 Å². The molecule has 2 heterocycles. The highest BCUT2D eigenvalue weighted by Crippen LogP contribution is 2.11. The minimum Gasteiger partial charge on any atom is -0.486 e. The molecule has 2 aromatic heterocycles. The van der Waals surface area contributed by atoms with E-state index in [0.717, 1.165) is 23.6 Å². The van der Waals surface area contributed by atoms with Crippen LogP contribution in [-0.2, 0) is 20.1 Å². The van der Waals surface area contributed by atoms with Crippen molar-refractivity contribution in [3.05, 3.63) is 42.0 Å². The van der Waals surface area contributed by atoms with Crippen molar-refractivity contribution in [2.24, 2.45) is 12.8 Å². The molecule has 0 saturated heterocycles. The van der Waals surface area contributed by atoms with Crippen LogP contribution in [0.1, 0.15) is 18.3 Å². The van der Waals surface area contributed by atoms with E-state index in [0.29, 0.717) is 6.61 Å². The van der Waals surface area contributed by atoms with Gasteiger partial charge in [0.15, 0.2) is 0 Å². The van der Waals surface area contributed by atoms with Gasteiger partial charge >= 0.3 is 0 Å². The van der Waals surface area contributed by atoms with E-state index in [1.807, 2.05) is 38.4 Å². The Kier molecular flexibility index (Phi) is 3.94. The molecule has 0 aliphatic carbocycles. The molecular weight excluding hydrogens is 228 g/mol. The quantitative estimate of drug-likeness (QED) is 0.863. The molecule has 0 amide bonds. The minimum absolute atomic E-state index is 0.123. The van der Waals surface area contributed by atoms with Crippen molar-refractivity contribution < 1.29 is 4.74 Å². The van der Waals surface area contributed by atoms with Crippen molar-refractivity contribution >= 4 is 0 Å². The minimum atomic E-state index is 0.123. The second-order valence-corrected chi connectivity index (χ2v) is 4.44. The van der Waals surface area contributed by atoms with Crippen molar-refractivity contribution in [3.63, 3.8) is 0 Å². The summed E-state index contributed by atoms with van der Waals surface area (Å²) in [5.41, 5.74) is 7.60. The van der Waals surface area contributed by atoms with Gasteiger partial charge in [-0.05, 0) is 25.1 Å². The average molecular weight is 246 g/mol. The van der Waals surface area contributed by atoms with Gasteiger partial charge in [-0.1, -0.05) is 0 Å². The number of nitrogens with two attached hydrogens (primary N) is 1. The lowest BCUT2D eigenvalue weighted by Crippen LogP contribution is -2.18. The van der Waals surface area contributed by atoms with E-state index in [2.05, 4.69) is 10.1 Å². The summed E-state index contributed by atoms with van der Waals surface area (Å²) in [5.74, 6) is 0.745. The summed E-state index contributed by atoms with van der Waals surface area (Å²) in [6.45, 7) is 2.42. The summed E-state index contributed by atoms with van der Waals surface area (Å²) in [7, 11) is 1.88. The van der Waals surface area contributed by atoms with Gasteiger partial charge in [0.2, 0.25) is 0 Å². The monoisotopic (exact) mass is 246 g/mol. The van der Waals surface area contributed by atoms with Crippen molar-refractivity contribution in [1.82, 2.24) is 14.8 Å². The molecule has 1 atom stereocenters. The standard InChI is InChI=1S/C13H18N4O/c1-10(14)7-11-3-4-13(8-15-11)18-9-12-5-6-17(2)16-12/h3-6,8,10H,7,9,14H2,1-2H3. The van der Waals surface area contributed by atoms with E-state index >= 15 is 0 Å². The molecule has 0 spiro atoms. The van der Waals surface area contributed by atoms with Crippen LogP contribution in [0.15, 0.2) is 30.6 Å². The summed E-state index contributed by atoms with van der Waals surface area (Å²) < 4.78 is 7.35. The van der Waals surface area contributed by atoms with Crippen LogP contribution >= 0.6 is 0 Å². The van der Waals surface area contributed by atoms with Gasteiger partial charge in [-0.3, -0.25) is 9.67 Å². The Bertz CT molecular complexity index is 490. The maximum absolute atomic E-state index is 5.72. The third kappa shape index (κ3) is 3.56. The molecule has 5 heteroatoms. The van der Waals surface area contributed by atoms with E-state index in [9.17, 15) is 0 Å². The van der Waals surface area contributed by atoms with Gasteiger partial charge in [-0.25, -0.2) is 0 Å². The molecule has 2 aromatic rings. The fourth-order valence-electron chi connectivity index (χ4n) is 1.64. The Labute approximate surface area is 107 Å². The maximum atomic E-state index is 5.72. The number of pyridine rings is 1. The number of rotatable bonds is 5. The lowest BCUT2D eigenvalue weighted by molar-refractivity contribution is 0.298. The Hall–Kier alpha value is -1.88. The lowest BCUT2D eigenvalue weighted by atomic mass is 10.2. The van der Waals surface area contributed by atoms with Gasteiger partial charge in [0, 0.05) is 31.4 Å². The summed E-state index contributed by atoms with van der Waals surface area (Å²) in [4.78, 5) is 4.31. The molecule has 2 N–H and O–H groups in total. The van der Waals surface area contributed by atoms with Gasteiger partial charge < -0.3 is 10.5 Å². The van der Waals surface area contributed by atoms with Crippen molar-refractivity contribution in [3.8, 4) is 5.75 Å². The van der Waals surface area contributed by atoms with E-state index in [4.69, 9.17) is 10.5 Å². The number of nitrogens with zero attached hydrogens (tertiary/aromatic N) is 3. The zero-order valence-electron chi connectivity index (χ0n) is 10.7. The normalized spacial score (nSPS) is 12.4. The molecule has 5 nitrogen and oxygen atoms in total. The molecule has 0 radical (unpaired) electrons. The molecule has 1 unspecified atom stereocenters. The highest BCUT2D eigenvalue weighted by molar-refractivity contribution is 5.20. The number of hydrogen-bond donors (Lipinski definition) is 1. The fourth-order valence-corrected chi connectivity index (χ4v) is 1.64. The molecule has 0 saturated carbocycles. The molecule has 0 aromatic carbocycles. The number of hydrogen-bond acceptors (Lipinski definition) is 4. The highest BCUT2D eigenvalue weighted by Gasteiger charge is 2.02. The van der Waals surface area contributed by atoms with Gasteiger partial charge in [0.25, 0.3) is 0 Å². The SMILES string of the molecule is CC(N)Cc1ccc(OCc2ccn(C)n2)cn1. The number of ether oxygens (including phenoxy) is 1. The molecule has 0 bridgehead atoms. The second-order valence-electron chi connectivity index (χ2n) is 4.44. The highest BCUT2D eigenvalue weighted by atomic mass is 16.5. The zero-order valence-corrected chi connectivity index (χ0v) is 10.7. The molecule has 96 valence electrons. The van der Waals surface area contributed by atoms with E-state index in [1.165, 1.54) is 0 Å². The number of aryl methyl sites for hydroxylation is 1. The first-order chi connectivity index (χ1) is 8.63. The maximum Gasteiger partial charge on any atom is 0.138 e. The van der Waals surface area contributed by atoms with Crippen molar-refractivity contribution in [1.29, 1.82) is 0 Å². The number of aromatic nitrogens is 3. The first-order valence-corrected chi connectivity index (χ1v) is 5.95. The van der Waals surface area contributed by atoms with Gasteiger partial charge in [-0.2, -0.15) is 5.10 Å². The molecule has 0 aliphatic heterocycles. The predicted octanol–water partition coefficient (Wildman–Crippen LogP) is 1.28. The summed E-state index contributed by atoms with van der Waals surface area (Å²) in [6.07, 6.45) is 4.39. The van der Waals surface area contributed by atoms with E-state index < -0.39 is 0 Å². The largest absolute Gasteiger partial charge is 0.486 e.